The van der Waals surface area contributed by atoms with E-state index >= 15 is 0 Å². The average molecular weight is 411 g/mol. The van der Waals surface area contributed by atoms with Gasteiger partial charge < -0.3 is 0 Å². The first kappa shape index (κ1) is 19.5. The molecule has 0 radical (unpaired) electrons. The Morgan fingerprint density at radius 1 is 1.03 bits per heavy atom. The number of rotatable bonds is 3. The van der Waals surface area contributed by atoms with Crippen LogP contribution in [0.3, 0.4) is 0 Å². The summed E-state index contributed by atoms with van der Waals surface area (Å²) in [7, 11) is 0. The van der Waals surface area contributed by atoms with Crippen LogP contribution in [0, 0.1) is 28.8 Å². The highest BCUT2D eigenvalue weighted by atomic mass is 19.1. The lowest BCUT2D eigenvalue weighted by atomic mass is 9.96. The van der Waals surface area contributed by atoms with E-state index in [0.717, 1.165) is 12.1 Å². The highest BCUT2D eigenvalue weighted by Gasteiger charge is 2.23. The van der Waals surface area contributed by atoms with E-state index in [1.165, 1.54) is 42.9 Å². The second kappa shape index (κ2) is 6.91. The fourth-order valence-electron chi connectivity index (χ4n) is 3.07. The summed E-state index contributed by atoms with van der Waals surface area (Å²) in [6.07, 6.45) is 2.67. The van der Waals surface area contributed by atoms with Crippen LogP contribution < -0.4 is 0 Å². The molecule has 2 aromatic carbocycles. The molecule has 9 heteroatoms. The zero-order chi connectivity index (χ0) is 21.6. The van der Waals surface area contributed by atoms with E-state index in [0.29, 0.717) is 17.3 Å². The molecule has 0 N–H and O–H groups in total. The number of halogens is 4. The first-order valence-electron chi connectivity index (χ1n) is 8.78. The third kappa shape index (κ3) is 3.26. The lowest BCUT2D eigenvalue weighted by molar-refractivity contribution is 0.213. The van der Waals surface area contributed by atoms with Gasteiger partial charge in [0.05, 0.1) is 29.7 Å². The number of benzene rings is 2. The van der Waals surface area contributed by atoms with Crippen LogP contribution in [0.5, 0.6) is 0 Å². The van der Waals surface area contributed by atoms with E-state index in [2.05, 4.69) is 15.1 Å². The molecule has 30 heavy (non-hydrogen) atoms. The summed E-state index contributed by atoms with van der Waals surface area (Å²) in [6.45, 7) is 2.68. The normalized spacial score (nSPS) is 11.6. The molecule has 2 aromatic heterocycles. The number of hydrogen-bond donors (Lipinski definition) is 0. The molecule has 0 saturated carbocycles. The Bertz CT molecular complexity index is 1330. The van der Waals surface area contributed by atoms with Crippen molar-refractivity contribution >= 4 is 5.78 Å². The van der Waals surface area contributed by atoms with Gasteiger partial charge in [-0.1, -0.05) is 0 Å². The molecule has 0 aliphatic carbocycles. The Hall–Kier alpha value is -3.80. The largest absolute Gasteiger partial charge is 0.251 e. The first-order valence-corrected chi connectivity index (χ1v) is 8.78. The third-order valence-corrected chi connectivity index (χ3v) is 4.55. The van der Waals surface area contributed by atoms with Crippen molar-refractivity contribution in [1.29, 1.82) is 5.26 Å². The van der Waals surface area contributed by atoms with Gasteiger partial charge in [-0.3, -0.25) is 0 Å². The molecule has 0 aliphatic rings. The summed E-state index contributed by atoms with van der Waals surface area (Å²) in [6, 6.07) is 6.94. The van der Waals surface area contributed by atoms with Crippen molar-refractivity contribution in [2.45, 2.75) is 19.5 Å². The van der Waals surface area contributed by atoms with Crippen molar-refractivity contribution in [2.75, 3.05) is 0 Å². The molecule has 0 saturated heterocycles. The van der Waals surface area contributed by atoms with Gasteiger partial charge in [0.25, 0.3) is 5.78 Å². The van der Waals surface area contributed by atoms with Crippen LogP contribution in [-0.4, -0.2) is 19.6 Å². The summed E-state index contributed by atoms with van der Waals surface area (Å²) >= 11 is 0. The van der Waals surface area contributed by atoms with Crippen LogP contribution >= 0.6 is 0 Å². The molecule has 0 bridgehead atoms. The van der Waals surface area contributed by atoms with Crippen LogP contribution in [0.2, 0.25) is 0 Å². The fraction of sp³-hybridized carbons (Fsp3) is 0.143. The number of alkyl halides is 1. The van der Waals surface area contributed by atoms with Gasteiger partial charge in [-0.2, -0.15) is 14.9 Å². The highest BCUT2D eigenvalue weighted by molar-refractivity contribution is 5.76. The zero-order valence-corrected chi connectivity index (χ0v) is 15.8. The van der Waals surface area contributed by atoms with Crippen LogP contribution in [0.4, 0.5) is 17.6 Å². The van der Waals surface area contributed by atoms with Gasteiger partial charge in [0.1, 0.15) is 28.8 Å². The summed E-state index contributed by atoms with van der Waals surface area (Å²) in [5.74, 6) is -2.66. The van der Waals surface area contributed by atoms with Gasteiger partial charge in [0.15, 0.2) is 0 Å². The van der Waals surface area contributed by atoms with Gasteiger partial charge in [-0.25, -0.2) is 27.5 Å². The molecule has 0 fully saturated rings. The molecule has 150 valence electrons. The first-order chi connectivity index (χ1) is 14.2. The Kier molecular flexibility index (Phi) is 4.50. The van der Waals surface area contributed by atoms with Gasteiger partial charge in [-0.15, -0.1) is 0 Å². The number of fused-ring (bicyclic) bond motifs is 1. The SMILES string of the molecule is CC(C)(F)c1cnn2c(-c3ccc(F)c(-c4c(F)cc(F)cc4C#N)c3)cnc2n1. The second-order valence-corrected chi connectivity index (χ2v) is 7.09. The topological polar surface area (TPSA) is 66.9 Å². The van der Waals surface area contributed by atoms with E-state index in [-0.39, 0.29) is 28.2 Å². The molecule has 0 aliphatic heterocycles. The van der Waals surface area contributed by atoms with Gasteiger partial charge in [0.2, 0.25) is 0 Å². The average Bonchev–Trinajstić information content (AvgIpc) is 3.11. The Morgan fingerprint density at radius 3 is 2.50 bits per heavy atom. The molecule has 0 atom stereocenters. The minimum absolute atomic E-state index is 0.0963. The van der Waals surface area contributed by atoms with E-state index < -0.39 is 23.1 Å². The van der Waals surface area contributed by atoms with Crippen LogP contribution in [0.15, 0.2) is 42.7 Å². The lowest BCUT2D eigenvalue weighted by Crippen LogP contribution is -2.13. The third-order valence-electron chi connectivity index (χ3n) is 4.55. The summed E-state index contributed by atoms with van der Waals surface area (Å²) in [5.41, 5.74) is -1.73. The molecule has 0 amide bonds. The number of imidazole rings is 1. The predicted octanol–water partition coefficient (Wildman–Crippen LogP) is 4.95. The molecule has 4 rings (SSSR count). The number of aromatic nitrogens is 4. The monoisotopic (exact) mass is 411 g/mol. The number of nitriles is 1. The van der Waals surface area contributed by atoms with Crippen molar-refractivity contribution in [3.63, 3.8) is 0 Å². The van der Waals surface area contributed by atoms with Crippen molar-refractivity contribution in [3.8, 4) is 28.5 Å². The minimum atomic E-state index is -1.71. The minimum Gasteiger partial charge on any atom is -0.238 e. The molecule has 4 aromatic rings. The van der Waals surface area contributed by atoms with Crippen molar-refractivity contribution in [3.05, 3.63) is 71.4 Å². The smallest absolute Gasteiger partial charge is 0.238 e. The second-order valence-electron chi connectivity index (χ2n) is 7.09. The molecular formula is C21H13F4N5. The Labute approximate surface area is 168 Å². The predicted molar refractivity (Wildman–Crippen MR) is 100 cm³/mol. The standard InChI is InChI=1S/C21H13F4N5/c1-21(2,25)18-10-28-30-17(9-27-20(30)29-18)11-3-4-15(23)14(6-11)19-12(8-26)5-13(22)7-16(19)24/h3-7,9-10H,1-2H3. The Morgan fingerprint density at radius 2 is 1.80 bits per heavy atom. The molecule has 0 spiro atoms. The quantitative estimate of drug-likeness (QED) is 0.448. The van der Waals surface area contributed by atoms with Gasteiger partial charge in [-0.05, 0) is 38.1 Å². The Balaban J connectivity index is 1.89. The van der Waals surface area contributed by atoms with E-state index in [1.54, 1.807) is 6.07 Å². The fourth-order valence-corrected chi connectivity index (χ4v) is 3.07. The summed E-state index contributed by atoms with van der Waals surface area (Å²) in [4.78, 5) is 8.25. The van der Waals surface area contributed by atoms with E-state index in [9.17, 15) is 22.8 Å². The van der Waals surface area contributed by atoms with E-state index in [1.807, 2.05) is 0 Å². The molecule has 0 unspecified atom stereocenters. The zero-order valence-electron chi connectivity index (χ0n) is 15.8. The van der Waals surface area contributed by atoms with Crippen molar-refractivity contribution < 1.29 is 17.6 Å². The van der Waals surface area contributed by atoms with E-state index in [4.69, 9.17) is 0 Å². The summed E-state index contributed by atoms with van der Waals surface area (Å²) in [5, 5.41) is 13.4. The van der Waals surface area contributed by atoms with Crippen LogP contribution in [-0.2, 0) is 5.67 Å². The van der Waals surface area contributed by atoms with Crippen molar-refractivity contribution in [2.24, 2.45) is 0 Å². The lowest BCUT2D eigenvalue weighted by Gasteiger charge is -2.12. The summed E-state index contributed by atoms with van der Waals surface area (Å²) < 4.78 is 57.9. The molecule has 5 nitrogen and oxygen atoms in total. The maximum absolute atomic E-state index is 14.5. The van der Waals surface area contributed by atoms with Gasteiger partial charge in [0, 0.05) is 22.8 Å². The van der Waals surface area contributed by atoms with Crippen molar-refractivity contribution in [1.82, 2.24) is 19.6 Å². The maximum atomic E-state index is 14.5. The maximum Gasteiger partial charge on any atom is 0.251 e. The number of hydrogen-bond acceptors (Lipinski definition) is 4. The molecular weight excluding hydrogens is 398 g/mol. The van der Waals surface area contributed by atoms with Crippen LogP contribution in [0.25, 0.3) is 28.2 Å². The highest BCUT2D eigenvalue weighted by Crippen LogP contribution is 2.33. The van der Waals surface area contributed by atoms with Crippen LogP contribution in [0.1, 0.15) is 25.1 Å². The van der Waals surface area contributed by atoms with Gasteiger partial charge >= 0.3 is 0 Å². The molecule has 2 heterocycles. The number of nitrogens with zero attached hydrogens (tertiary/aromatic N) is 5.